The largest absolute Gasteiger partial charge is 0.465 e. The third-order valence-electron chi connectivity index (χ3n) is 2.67. The molecule has 6 nitrogen and oxygen atoms in total. The molecule has 0 aromatic heterocycles. The van der Waals surface area contributed by atoms with Gasteiger partial charge in [-0.05, 0) is 18.2 Å². The second-order valence-corrected chi connectivity index (χ2v) is 4.46. The van der Waals surface area contributed by atoms with Crippen molar-refractivity contribution in [3.8, 4) is 0 Å². The second-order valence-electron chi connectivity index (χ2n) is 4.03. The number of ether oxygens (including phenoxy) is 2. The van der Waals surface area contributed by atoms with Gasteiger partial charge in [0.25, 0.3) is 0 Å². The van der Waals surface area contributed by atoms with E-state index in [1.54, 1.807) is 6.07 Å². The van der Waals surface area contributed by atoms with Gasteiger partial charge in [0, 0.05) is 18.7 Å². The SMILES string of the molecule is COC(=O)c1ccc(Cl)cc1NC(=O)CC(CN)OC. The summed E-state index contributed by atoms with van der Waals surface area (Å²) in [7, 11) is 2.74. The molecule has 1 rings (SSSR count). The van der Waals surface area contributed by atoms with Crippen LogP contribution in [0.3, 0.4) is 0 Å². The van der Waals surface area contributed by atoms with Crippen LogP contribution in [0.25, 0.3) is 0 Å². The number of rotatable bonds is 6. The van der Waals surface area contributed by atoms with E-state index in [1.807, 2.05) is 0 Å². The van der Waals surface area contributed by atoms with Crippen LogP contribution in [0.2, 0.25) is 5.02 Å². The molecule has 0 aliphatic carbocycles. The third-order valence-corrected chi connectivity index (χ3v) is 2.91. The zero-order valence-corrected chi connectivity index (χ0v) is 12.1. The average Bonchev–Trinajstić information content (AvgIpc) is 2.44. The summed E-state index contributed by atoms with van der Waals surface area (Å²) in [6, 6.07) is 4.51. The molecule has 20 heavy (non-hydrogen) atoms. The Balaban J connectivity index is 2.87. The fraction of sp³-hybridized carbons (Fsp3) is 0.385. The van der Waals surface area contributed by atoms with Crippen LogP contribution in [0.4, 0.5) is 5.69 Å². The predicted molar refractivity (Wildman–Crippen MR) is 75.9 cm³/mol. The van der Waals surface area contributed by atoms with Gasteiger partial charge in [-0.1, -0.05) is 11.6 Å². The lowest BCUT2D eigenvalue weighted by molar-refractivity contribution is -0.118. The first-order valence-corrected chi connectivity index (χ1v) is 6.30. The summed E-state index contributed by atoms with van der Waals surface area (Å²) in [6.45, 7) is 0.226. The molecule has 0 heterocycles. The zero-order valence-electron chi connectivity index (χ0n) is 11.3. The van der Waals surface area contributed by atoms with Gasteiger partial charge in [-0.2, -0.15) is 0 Å². The second kappa shape index (κ2) is 7.84. The first kappa shape index (κ1) is 16.4. The fourth-order valence-electron chi connectivity index (χ4n) is 1.58. The number of amides is 1. The van der Waals surface area contributed by atoms with Gasteiger partial charge in [-0.3, -0.25) is 4.79 Å². The average molecular weight is 301 g/mol. The fourth-order valence-corrected chi connectivity index (χ4v) is 1.75. The molecule has 1 amide bonds. The molecule has 0 fully saturated rings. The van der Waals surface area contributed by atoms with Crippen molar-refractivity contribution in [3.63, 3.8) is 0 Å². The lowest BCUT2D eigenvalue weighted by Crippen LogP contribution is -2.28. The third kappa shape index (κ3) is 4.48. The summed E-state index contributed by atoms with van der Waals surface area (Å²) in [5.41, 5.74) is 5.97. The number of carbonyl (C=O) groups is 2. The highest BCUT2D eigenvalue weighted by Crippen LogP contribution is 2.22. The maximum atomic E-state index is 11.9. The summed E-state index contributed by atoms with van der Waals surface area (Å²) < 4.78 is 9.67. The zero-order chi connectivity index (χ0) is 15.1. The van der Waals surface area contributed by atoms with Crippen LogP contribution in [-0.4, -0.2) is 38.7 Å². The molecule has 0 radical (unpaired) electrons. The number of carbonyl (C=O) groups excluding carboxylic acids is 2. The van der Waals surface area contributed by atoms with Crippen molar-refractivity contribution in [2.24, 2.45) is 5.73 Å². The van der Waals surface area contributed by atoms with Crippen LogP contribution in [0.1, 0.15) is 16.8 Å². The van der Waals surface area contributed by atoms with E-state index in [2.05, 4.69) is 10.1 Å². The molecule has 0 saturated heterocycles. The van der Waals surface area contributed by atoms with E-state index in [0.717, 1.165) is 0 Å². The van der Waals surface area contributed by atoms with Crippen LogP contribution >= 0.6 is 11.6 Å². The Morgan fingerprint density at radius 2 is 2.10 bits per heavy atom. The summed E-state index contributed by atoms with van der Waals surface area (Å²) in [6.07, 6.45) is -0.295. The number of hydrogen-bond donors (Lipinski definition) is 2. The van der Waals surface area contributed by atoms with Crippen LogP contribution in [0.5, 0.6) is 0 Å². The molecule has 1 aromatic rings. The number of methoxy groups -OCH3 is 2. The Morgan fingerprint density at radius 3 is 2.65 bits per heavy atom. The van der Waals surface area contributed by atoms with Gasteiger partial charge in [0.2, 0.25) is 5.91 Å². The molecule has 1 aromatic carbocycles. The molecule has 0 aliphatic heterocycles. The topological polar surface area (TPSA) is 90.7 Å². The molecular formula is C13H17ClN2O4. The molecule has 0 aliphatic rings. The minimum absolute atomic E-state index is 0.0835. The molecule has 0 saturated carbocycles. The van der Waals surface area contributed by atoms with Crippen molar-refractivity contribution in [1.29, 1.82) is 0 Å². The quantitative estimate of drug-likeness (QED) is 0.776. The van der Waals surface area contributed by atoms with E-state index in [-0.39, 0.29) is 30.5 Å². The molecular weight excluding hydrogens is 284 g/mol. The summed E-state index contributed by atoms with van der Waals surface area (Å²) in [5.74, 6) is -0.881. The van der Waals surface area contributed by atoms with E-state index in [1.165, 1.54) is 26.4 Å². The van der Waals surface area contributed by atoms with Gasteiger partial charge >= 0.3 is 5.97 Å². The minimum atomic E-state index is -0.556. The van der Waals surface area contributed by atoms with E-state index in [9.17, 15) is 9.59 Å². The summed E-state index contributed by atoms with van der Waals surface area (Å²) in [5, 5.41) is 3.00. The monoisotopic (exact) mass is 300 g/mol. The summed E-state index contributed by atoms with van der Waals surface area (Å²) in [4.78, 5) is 23.5. The number of esters is 1. The molecule has 3 N–H and O–H groups in total. The Kier molecular flexibility index (Phi) is 6.44. The van der Waals surface area contributed by atoms with Gasteiger partial charge < -0.3 is 20.5 Å². The minimum Gasteiger partial charge on any atom is -0.465 e. The lowest BCUT2D eigenvalue weighted by atomic mass is 10.1. The normalized spacial score (nSPS) is 11.8. The van der Waals surface area contributed by atoms with Crippen molar-refractivity contribution >= 4 is 29.2 Å². The number of halogens is 1. The highest BCUT2D eigenvalue weighted by Gasteiger charge is 2.16. The molecule has 1 atom stereocenters. The van der Waals surface area contributed by atoms with Crippen LogP contribution in [0, 0.1) is 0 Å². The van der Waals surface area contributed by atoms with E-state index < -0.39 is 5.97 Å². The van der Waals surface area contributed by atoms with Gasteiger partial charge in [-0.25, -0.2) is 4.79 Å². The van der Waals surface area contributed by atoms with Crippen LogP contribution in [-0.2, 0) is 14.3 Å². The van der Waals surface area contributed by atoms with Crippen molar-refractivity contribution in [1.82, 2.24) is 0 Å². The number of nitrogens with two attached hydrogens (primary N) is 1. The highest BCUT2D eigenvalue weighted by atomic mass is 35.5. The number of anilines is 1. The number of benzene rings is 1. The Labute approximate surface area is 122 Å². The summed E-state index contributed by atoms with van der Waals surface area (Å²) >= 11 is 5.86. The van der Waals surface area contributed by atoms with Gasteiger partial charge in [-0.15, -0.1) is 0 Å². The maximum absolute atomic E-state index is 11.9. The standard InChI is InChI=1S/C13H17ClN2O4/c1-19-9(7-15)6-12(17)16-11-5-8(14)3-4-10(11)13(18)20-2/h3-5,9H,6-7,15H2,1-2H3,(H,16,17). The molecule has 0 spiro atoms. The van der Waals surface area contributed by atoms with Crippen molar-refractivity contribution in [2.45, 2.75) is 12.5 Å². The van der Waals surface area contributed by atoms with E-state index >= 15 is 0 Å². The first-order valence-electron chi connectivity index (χ1n) is 5.92. The van der Waals surface area contributed by atoms with Gasteiger partial charge in [0.1, 0.15) is 0 Å². The Bertz CT molecular complexity index is 489. The smallest absolute Gasteiger partial charge is 0.339 e. The lowest BCUT2D eigenvalue weighted by Gasteiger charge is -2.14. The molecule has 7 heteroatoms. The first-order chi connectivity index (χ1) is 9.51. The van der Waals surface area contributed by atoms with Crippen molar-refractivity contribution in [3.05, 3.63) is 28.8 Å². The van der Waals surface area contributed by atoms with Crippen LogP contribution < -0.4 is 11.1 Å². The van der Waals surface area contributed by atoms with Crippen LogP contribution in [0.15, 0.2) is 18.2 Å². The Morgan fingerprint density at radius 1 is 1.40 bits per heavy atom. The number of nitrogens with one attached hydrogen (secondary N) is 1. The highest BCUT2D eigenvalue weighted by molar-refractivity contribution is 6.31. The number of hydrogen-bond acceptors (Lipinski definition) is 5. The van der Waals surface area contributed by atoms with Crippen molar-refractivity contribution in [2.75, 3.05) is 26.1 Å². The van der Waals surface area contributed by atoms with Gasteiger partial charge in [0.15, 0.2) is 0 Å². The molecule has 110 valence electrons. The van der Waals surface area contributed by atoms with E-state index in [4.69, 9.17) is 22.1 Å². The van der Waals surface area contributed by atoms with Crippen molar-refractivity contribution < 1.29 is 19.1 Å². The Hall–Kier alpha value is -1.63. The maximum Gasteiger partial charge on any atom is 0.339 e. The van der Waals surface area contributed by atoms with Gasteiger partial charge in [0.05, 0.1) is 30.9 Å². The molecule has 1 unspecified atom stereocenters. The van der Waals surface area contributed by atoms with E-state index in [0.29, 0.717) is 10.7 Å². The molecule has 0 bridgehead atoms. The predicted octanol–water partition coefficient (Wildman–Crippen LogP) is 1.43.